The van der Waals surface area contributed by atoms with Crippen LogP contribution in [0.15, 0.2) is 29.6 Å². The fraction of sp³-hybridized carbons (Fsp3) is 0.286. The van der Waals surface area contributed by atoms with Gasteiger partial charge in [0.1, 0.15) is 0 Å². The summed E-state index contributed by atoms with van der Waals surface area (Å²) in [7, 11) is 0. The maximum Gasteiger partial charge on any atom is 0.331 e. The van der Waals surface area contributed by atoms with Gasteiger partial charge in [-0.15, -0.1) is 11.3 Å². The third-order valence-corrected chi connectivity index (χ3v) is 4.47. The smallest absolute Gasteiger partial charge is 0.331 e. The van der Waals surface area contributed by atoms with Crippen LogP contribution in [0.2, 0.25) is 0 Å². The lowest BCUT2D eigenvalue weighted by atomic mass is 9.98. The molecular formula is C14H13NO4S. The van der Waals surface area contributed by atoms with Crippen LogP contribution in [0.4, 0.5) is 0 Å². The lowest BCUT2D eigenvalue weighted by Crippen LogP contribution is -2.55. The Morgan fingerprint density at radius 3 is 2.85 bits per heavy atom. The molecule has 1 aliphatic rings. The van der Waals surface area contributed by atoms with E-state index >= 15 is 0 Å². The SMILES string of the molecule is O=C(NC1(C(=O)O)CCOC1)c1csc2ccccc12. The highest BCUT2D eigenvalue weighted by atomic mass is 32.1. The predicted octanol–water partition coefficient (Wildman–Crippen LogP) is 1.87. The minimum atomic E-state index is -1.31. The van der Waals surface area contributed by atoms with Gasteiger partial charge in [0.05, 0.1) is 12.2 Å². The molecule has 2 aromatic rings. The molecule has 0 saturated carbocycles. The van der Waals surface area contributed by atoms with Gasteiger partial charge in [-0.2, -0.15) is 0 Å². The summed E-state index contributed by atoms with van der Waals surface area (Å²) in [6.07, 6.45) is 0.288. The summed E-state index contributed by atoms with van der Waals surface area (Å²) in [6, 6.07) is 7.56. The molecule has 1 amide bonds. The average molecular weight is 291 g/mol. The largest absolute Gasteiger partial charge is 0.479 e. The van der Waals surface area contributed by atoms with Crippen molar-refractivity contribution < 1.29 is 19.4 Å². The number of hydrogen-bond donors (Lipinski definition) is 2. The molecule has 1 saturated heterocycles. The molecule has 1 aliphatic heterocycles. The number of nitrogens with one attached hydrogen (secondary N) is 1. The van der Waals surface area contributed by atoms with Crippen molar-refractivity contribution in [1.82, 2.24) is 5.32 Å². The fourth-order valence-electron chi connectivity index (χ4n) is 2.32. The highest BCUT2D eigenvalue weighted by Crippen LogP contribution is 2.27. The second-order valence-corrected chi connectivity index (χ2v) is 5.70. The third-order valence-electron chi connectivity index (χ3n) is 3.51. The highest BCUT2D eigenvalue weighted by molar-refractivity contribution is 7.17. The molecule has 6 heteroatoms. The van der Waals surface area contributed by atoms with Crippen LogP contribution in [0, 0.1) is 0 Å². The van der Waals surface area contributed by atoms with Gasteiger partial charge in [-0.05, 0) is 6.07 Å². The quantitative estimate of drug-likeness (QED) is 0.905. The number of fused-ring (bicyclic) bond motifs is 1. The molecule has 104 valence electrons. The van der Waals surface area contributed by atoms with Gasteiger partial charge in [-0.3, -0.25) is 4.79 Å². The molecule has 3 rings (SSSR count). The number of carbonyl (C=O) groups is 2. The van der Waals surface area contributed by atoms with E-state index in [1.165, 1.54) is 11.3 Å². The number of rotatable bonds is 3. The van der Waals surface area contributed by atoms with Crippen molar-refractivity contribution >= 4 is 33.3 Å². The van der Waals surface area contributed by atoms with Crippen molar-refractivity contribution in [2.75, 3.05) is 13.2 Å². The topological polar surface area (TPSA) is 75.6 Å². The third kappa shape index (κ3) is 2.07. The first-order chi connectivity index (χ1) is 9.62. The number of hydrogen-bond acceptors (Lipinski definition) is 4. The summed E-state index contributed by atoms with van der Waals surface area (Å²) in [6.45, 7) is 0.354. The van der Waals surface area contributed by atoms with E-state index in [1.807, 2.05) is 24.3 Å². The number of aliphatic carboxylic acids is 1. The molecule has 0 radical (unpaired) electrons. The Morgan fingerprint density at radius 1 is 1.35 bits per heavy atom. The van der Waals surface area contributed by atoms with Crippen LogP contribution >= 0.6 is 11.3 Å². The van der Waals surface area contributed by atoms with Gasteiger partial charge in [0.2, 0.25) is 0 Å². The van der Waals surface area contributed by atoms with Crippen LogP contribution in [0.5, 0.6) is 0 Å². The van der Waals surface area contributed by atoms with Gasteiger partial charge in [0.25, 0.3) is 5.91 Å². The van der Waals surface area contributed by atoms with Crippen molar-refractivity contribution in [3.63, 3.8) is 0 Å². The molecule has 2 N–H and O–H groups in total. The molecular weight excluding hydrogens is 278 g/mol. The van der Waals surface area contributed by atoms with E-state index in [9.17, 15) is 14.7 Å². The molecule has 0 bridgehead atoms. The molecule has 1 aromatic heterocycles. The van der Waals surface area contributed by atoms with E-state index in [-0.39, 0.29) is 18.9 Å². The van der Waals surface area contributed by atoms with Gasteiger partial charge in [-0.1, -0.05) is 18.2 Å². The zero-order valence-corrected chi connectivity index (χ0v) is 11.4. The molecule has 1 aromatic carbocycles. The average Bonchev–Trinajstić information content (AvgIpc) is 3.05. The first-order valence-corrected chi connectivity index (χ1v) is 7.10. The van der Waals surface area contributed by atoms with E-state index < -0.39 is 11.5 Å². The Kier molecular flexibility index (Phi) is 3.19. The van der Waals surface area contributed by atoms with E-state index in [1.54, 1.807) is 5.38 Å². The molecule has 1 unspecified atom stereocenters. The van der Waals surface area contributed by atoms with Crippen molar-refractivity contribution in [2.24, 2.45) is 0 Å². The van der Waals surface area contributed by atoms with Crippen molar-refractivity contribution in [1.29, 1.82) is 0 Å². The van der Waals surface area contributed by atoms with Gasteiger partial charge >= 0.3 is 5.97 Å². The number of carbonyl (C=O) groups excluding carboxylic acids is 1. The van der Waals surface area contributed by atoms with Crippen LogP contribution in [0.3, 0.4) is 0 Å². The monoisotopic (exact) mass is 291 g/mol. The summed E-state index contributed by atoms with van der Waals surface area (Å²) in [5.74, 6) is -1.42. The Labute approximate surface area is 119 Å². The molecule has 20 heavy (non-hydrogen) atoms. The maximum absolute atomic E-state index is 12.4. The molecule has 1 fully saturated rings. The van der Waals surface area contributed by atoms with Crippen LogP contribution in [0.1, 0.15) is 16.8 Å². The number of carboxylic acid groups (broad SMARTS) is 1. The standard InChI is InChI=1S/C14H13NO4S/c16-12(15-14(13(17)18)5-6-19-8-14)10-7-20-11-4-2-1-3-9(10)11/h1-4,7H,5-6,8H2,(H,15,16)(H,17,18). The van der Waals surface area contributed by atoms with Crippen molar-refractivity contribution in [2.45, 2.75) is 12.0 Å². The normalized spacial score (nSPS) is 22.0. The second kappa shape index (κ2) is 4.88. The maximum atomic E-state index is 12.4. The van der Waals surface area contributed by atoms with Gasteiger partial charge in [0.15, 0.2) is 5.54 Å². The van der Waals surface area contributed by atoms with Gasteiger partial charge < -0.3 is 15.2 Å². The molecule has 1 atom stereocenters. The van der Waals surface area contributed by atoms with Crippen molar-refractivity contribution in [3.8, 4) is 0 Å². The zero-order valence-electron chi connectivity index (χ0n) is 10.6. The predicted molar refractivity (Wildman–Crippen MR) is 75.1 cm³/mol. The lowest BCUT2D eigenvalue weighted by Gasteiger charge is -2.23. The first-order valence-electron chi connectivity index (χ1n) is 6.22. The minimum absolute atomic E-state index is 0.0101. The lowest BCUT2D eigenvalue weighted by molar-refractivity contribution is -0.144. The Balaban J connectivity index is 1.91. The van der Waals surface area contributed by atoms with Crippen LogP contribution < -0.4 is 5.32 Å². The number of ether oxygens (including phenoxy) is 1. The summed E-state index contributed by atoms with van der Waals surface area (Å²) in [5, 5.41) is 14.6. The summed E-state index contributed by atoms with van der Waals surface area (Å²) < 4.78 is 6.14. The molecule has 2 heterocycles. The zero-order chi connectivity index (χ0) is 14.2. The molecule has 5 nitrogen and oxygen atoms in total. The Morgan fingerprint density at radius 2 is 2.15 bits per heavy atom. The number of amides is 1. The van der Waals surface area contributed by atoms with Crippen LogP contribution in [-0.4, -0.2) is 35.7 Å². The number of benzene rings is 1. The molecule has 0 spiro atoms. The Bertz CT molecular complexity index is 673. The second-order valence-electron chi connectivity index (χ2n) is 4.79. The number of thiophene rings is 1. The highest BCUT2D eigenvalue weighted by Gasteiger charge is 2.44. The van der Waals surface area contributed by atoms with E-state index in [4.69, 9.17) is 4.74 Å². The molecule has 0 aliphatic carbocycles. The number of carboxylic acids is 1. The minimum Gasteiger partial charge on any atom is -0.479 e. The fourth-order valence-corrected chi connectivity index (χ4v) is 3.26. The van der Waals surface area contributed by atoms with Gasteiger partial charge in [0, 0.05) is 28.5 Å². The summed E-state index contributed by atoms with van der Waals surface area (Å²) in [4.78, 5) is 23.8. The van der Waals surface area contributed by atoms with E-state index in [0.717, 1.165) is 10.1 Å². The van der Waals surface area contributed by atoms with Crippen molar-refractivity contribution in [3.05, 3.63) is 35.2 Å². The van der Waals surface area contributed by atoms with E-state index in [0.29, 0.717) is 12.2 Å². The van der Waals surface area contributed by atoms with E-state index in [2.05, 4.69) is 5.32 Å². The first kappa shape index (κ1) is 13.1. The van der Waals surface area contributed by atoms with Gasteiger partial charge in [-0.25, -0.2) is 4.79 Å². The summed E-state index contributed by atoms with van der Waals surface area (Å²) in [5.41, 5.74) is -0.793. The summed E-state index contributed by atoms with van der Waals surface area (Å²) >= 11 is 1.47. The van der Waals surface area contributed by atoms with Crippen LogP contribution in [0.25, 0.3) is 10.1 Å². The Hall–Kier alpha value is -1.92. The van der Waals surface area contributed by atoms with Crippen LogP contribution in [-0.2, 0) is 9.53 Å².